The number of methoxy groups -OCH3 is 1. The average Bonchev–Trinajstić information content (AvgIpc) is 3.02. The molecule has 0 aromatic heterocycles. The summed E-state index contributed by atoms with van der Waals surface area (Å²) in [6.07, 6.45) is 1.64. The van der Waals surface area contributed by atoms with Gasteiger partial charge in [-0.15, -0.1) is 0 Å². The summed E-state index contributed by atoms with van der Waals surface area (Å²) >= 11 is 4.32. The molecule has 0 unspecified atom stereocenters. The molecule has 0 atom stereocenters. The van der Waals surface area contributed by atoms with Gasteiger partial charge >= 0.3 is 5.97 Å². The minimum atomic E-state index is -0.523. The third kappa shape index (κ3) is 5.72. The highest BCUT2D eigenvalue weighted by Crippen LogP contribution is 2.39. The number of carbonyl (C=O) groups is 3. The van der Waals surface area contributed by atoms with E-state index in [0.29, 0.717) is 33.0 Å². The maximum Gasteiger partial charge on any atom is 0.343 e. The number of carbonyl (C=O) groups excluding carboxylic acids is 3. The molecule has 2 aromatic rings. The Kier molecular flexibility index (Phi) is 7.98. The predicted octanol–water partition coefficient (Wildman–Crippen LogP) is 4.94. The topological polar surface area (TPSA) is 82.1 Å². The van der Waals surface area contributed by atoms with Crippen LogP contribution in [0.4, 0.5) is 4.79 Å². The summed E-state index contributed by atoms with van der Waals surface area (Å²) in [5, 5.41) is -0.316. The van der Waals surface area contributed by atoms with Crippen LogP contribution in [0.15, 0.2) is 45.8 Å². The van der Waals surface area contributed by atoms with Crippen LogP contribution in [0.3, 0.4) is 0 Å². The molecule has 0 saturated carbocycles. The zero-order valence-corrected chi connectivity index (χ0v) is 20.2. The molecule has 0 radical (unpaired) electrons. The Hall–Kier alpha value is -2.78. The summed E-state index contributed by atoms with van der Waals surface area (Å²) in [6.45, 7) is 4.12. The van der Waals surface area contributed by atoms with Gasteiger partial charge in [-0.25, -0.2) is 4.79 Å². The van der Waals surface area contributed by atoms with Gasteiger partial charge in [0.2, 0.25) is 0 Å². The maximum atomic E-state index is 12.9. The van der Waals surface area contributed by atoms with Gasteiger partial charge in [0.05, 0.1) is 29.6 Å². The first kappa shape index (κ1) is 23.9. The molecule has 2 amide bonds. The van der Waals surface area contributed by atoms with Gasteiger partial charge in [0.15, 0.2) is 18.1 Å². The van der Waals surface area contributed by atoms with Crippen molar-refractivity contribution in [3.05, 3.63) is 62.5 Å². The number of nitrogens with zero attached hydrogens (tertiary/aromatic N) is 1. The van der Waals surface area contributed by atoms with Gasteiger partial charge in [0, 0.05) is 0 Å². The van der Waals surface area contributed by atoms with Gasteiger partial charge in [-0.2, -0.15) is 0 Å². The van der Waals surface area contributed by atoms with Gasteiger partial charge in [-0.1, -0.05) is 29.8 Å². The van der Waals surface area contributed by atoms with Crippen molar-refractivity contribution in [1.29, 1.82) is 0 Å². The minimum Gasteiger partial charge on any atom is -0.490 e. The van der Waals surface area contributed by atoms with Crippen LogP contribution in [0.2, 0.25) is 0 Å². The van der Waals surface area contributed by atoms with Gasteiger partial charge < -0.3 is 14.2 Å². The monoisotopic (exact) mass is 519 g/mol. The Morgan fingerprint density at radius 3 is 2.53 bits per heavy atom. The summed E-state index contributed by atoms with van der Waals surface area (Å²) in [5.41, 5.74) is 2.64. The van der Waals surface area contributed by atoms with E-state index in [-0.39, 0.29) is 24.3 Å². The predicted molar refractivity (Wildman–Crippen MR) is 126 cm³/mol. The number of halogens is 1. The highest BCUT2D eigenvalue weighted by Gasteiger charge is 2.35. The standard InChI is InChI=1S/C23H22BrNO6S/c1-4-30-18-10-16(9-17(24)21(18)31-13-20(26)29-3)11-19-22(27)25(23(28)32-19)12-15-7-5-14(2)6-8-15/h5-11H,4,12-13H2,1-3H3/b19-11-. The Morgan fingerprint density at radius 1 is 1.16 bits per heavy atom. The van der Waals surface area contributed by atoms with Crippen molar-refractivity contribution in [3.63, 3.8) is 0 Å². The highest BCUT2D eigenvalue weighted by atomic mass is 79.9. The Morgan fingerprint density at radius 2 is 1.88 bits per heavy atom. The van der Waals surface area contributed by atoms with E-state index in [1.807, 2.05) is 38.1 Å². The first-order chi connectivity index (χ1) is 15.3. The largest absolute Gasteiger partial charge is 0.490 e. The van der Waals surface area contributed by atoms with E-state index in [4.69, 9.17) is 9.47 Å². The Labute approximate surface area is 198 Å². The van der Waals surface area contributed by atoms with Crippen molar-refractivity contribution in [2.75, 3.05) is 20.3 Å². The molecule has 1 aliphatic heterocycles. The maximum absolute atomic E-state index is 12.9. The number of thioether (sulfide) groups is 1. The van der Waals surface area contributed by atoms with E-state index in [1.54, 1.807) is 18.2 Å². The zero-order valence-electron chi connectivity index (χ0n) is 17.8. The van der Waals surface area contributed by atoms with Crippen molar-refractivity contribution in [2.45, 2.75) is 20.4 Å². The summed E-state index contributed by atoms with van der Waals surface area (Å²) in [7, 11) is 1.28. The Bertz CT molecular complexity index is 1070. The van der Waals surface area contributed by atoms with Crippen LogP contribution in [0, 0.1) is 6.92 Å². The number of esters is 1. The number of amides is 2. The molecule has 0 bridgehead atoms. The summed E-state index contributed by atoms with van der Waals surface area (Å²) in [6, 6.07) is 11.1. The molecule has 2 aromatic carbocycles. The molecule has 32 heavy (non-hydrogen) atoms. The zero-order chi connectivity index (χ0) is 23.3. The Balaban J connectivity index is 1.83. The third-order valence-electron chi connectivity index (χ3n) is 4.53. The first-order valence-electron chi connectivity index (χ1n) is 9.79. The summed E-state index contributed by atoms with van der Waals surface area (Å²) in [4.78, 5) is 38.3. The normalized spacial score (nSPS) is 14.8. The van der Waals surface area contributed by atoms with Crippen LogP contribution in [-0.4, -0.2) is 42.3 Å². The second-order valence-electron chi connectivity index (χ2n) is 6.88. The lowest BCUT2D eigenvalue weighted by molar-refractivity contribution is -0.143. The van der Waals surface area contributed by atoms with Gasteiger partial charge in [0.25, 0.3) is 11.1 Å². The number of aryl methyl sites for hydroxylation is 1. The molecule has 0 aliphatic carbocycles. The van der Waals surface area contributed by atoms with Crippen LogP contribution in [0.5, 0.6) is 11.5 Å². The third-order valence-corrected chi connectivity index (χ3v) is 6.02. The molecule has 0 spiro atoms. The molecule has 1 fully saturated rings. The van der Waals surface area contributed by atoms with Crippen LogP contribution >= 0.6 is 27.7 Å². The number of hydrogen-bond acceptors (Lipinski definition) is 7. The molecule has 1 heterocycles. The number of ether oxygens (including phenoxy) is 3. The second kappa shape index (κ2) is 10.7. The molecule has 7 nitrogen and oxygen atoms in total. The van der Waals surface area contributed by atoms with Gasteiger partial charge in [-0.3, -0.25) is 14.5 Å². The van der Waals surface area contributed by atoms with Crippen molar-refractivity contribution < 1.29 is 28.6 Å². The minimum absolute atomic E-state index is 0.219. The SMILES string of the molecule is CCOc1cc(/C=C2\SC(=O)N(Cc3ccc(C)cc3)C2=O)cc(Br)c1OCC(=O)OC. The number of benzene rings is 2. The second-order valence-corrected chi connectivity index (χ2v) is 8.73. The quantitative estimate of drug-likeness (QED) is 0.360. The van der Waals surface area contributed by atoms with Gasteiger partial charge in [-0.05, 0) is 70.9 Å². The van der Waals surface area contributed by atoms with Crippen LogP contribution in [-0.2, 0) is 20.9 Å². The molecule has 1 aliphatic rings. The molecular weight excluding hydrogens is 498 g/mol. The van der Waals surface area contributed by atoms with Gasteiger partial charge in [0.1, 0.15) is 0 Å². The fourth-order valence-electron chi connectivity index (χ4n) is 2.93. The molecule has 1 saturated heterocycles. The van der Waals surface area contributed by atoms with E-state index >= 15 is 0 Å². The fraction of sp³-hybridized carbons (Fsp3) is 0.261. The fourth-order valence-corrected chi connectivity index (χ4v) is 4.34. The van der Waals surface area contributed by atoms with Crippen LogP contribution < -0.4 is 9.47 Å². The lowest BCUT2D eigenvalue weighted by atomic mass is 10.1. The molecule has 0 N–H and O–H groups in total. The number of imide groups is 1. The van der Waals surface area contributed by atoms with E-state index in [2.05, 4.69) is 20.7 Å². The lowest BCUT2D eigenvalue weighted by Crippen LogP contribution is -2.27. The highest BCUT2D eigenvalue weighted by molar-refractivity contribution is 9.10. The van der Waals surface area contributed by atoms with E-state index < -0.39 is 5.97 Å². The average molecular weight is 520 g/mol. The molecule has 168 valence electrons. The summed E-state index contributed by atoms with van der Waals surface area (Å²) in [5.74, 6) is -0.121. The number of rotatable bonds is 8. The lowest BCUT2D eigenvalue weighted by Gasteiger charge is -2.14. The van der Waals surface area contributed by atoms with E-state index in [1.165, 1.54) is 12.0 Å². The van der Waals surface area contributed by atoms with Crippen molar-refractivity contribution in [2.24, 2.45) is 0 Å². The number of hydrogen-bond donors (Lipinski definition) is 0. The molecule has 9 heteroatoms. The molecular formula is C23H22BrNO6S. The van der Waals surface area contributed by atoms with E-state index in [0.717, 1.165) is 22.9 Å². The van der Waals surface area contributed by atoms with E-state index in [9.17, 15) is 14.4 Å². The van der Waals surface area contributed by atoms with Crippen LogP contribution in [0.25, 0.3) is 6.08 Å². The van der Waals surface area contributed by atoms with Crippen molar-refractivity contribution in [1.82, 2.24) is 4.90 Å². The summed E-state index contributed by atoms with van der Waals surface area (Å²) < 4.78 is 16.3. The van der Waals surface area contributed by atoms with Crippen molar-refractivity contribution in [3.8, 4) is 11.5 Å². The molecule has 3 rings (SSSR count). The smallest absolute Gasteiger partial charge is 0.343 e. The first-order valence-corrected chi connectivity index (χ1v) is 11.4. The van der Waals surface area contributed by atoms with Crippen LogP contribution in [0.1, 0.15) is 23.6 Å². The van der Waals surface area contributed by atoms with Crippen molar-refractivity contribution >= 4 is 50.9 Å².